The number of nitrogens with one attached hydrogen (secondary N) is 1. The molecule has 0 bridgehead atoms. The van der Waals surface area contributed by atoms with E-state index in [0.717, 1.165) is 45.4 Å². The summed E-state index contributed by atoms with van der Waals surface area (Å²) in [6.07, 6.45) is 2.15. The molecule has 7 nitrogen and oxygen atoms in total. The van der Waals surface area contributed by atoms with Gasteiger partial charge in [0.1, 0.15) is 11.9 Å². The van der Waals surface area contributed by atoms with Crippen LogP contribution in [0.4, 0.5) is 10.6 Å². The van der Waals surface area contributed by atoms with Crippen molar-refractivity contribution in [3.05, 3.63) is 95.7 Å². The maximum absolute atomic E-state index is 12.6. The standard InChI is InChI=1S/C30H29N3O4/c1-19(20-7-5-4-6-8-20)37-29(36)32-27-25(18-31-33(27)3)22-11-9-21(10-12-22)23-13-14-26-24(17-23)15-16-30(26,2)28(34)35/h4-14,17-19H,15-16H2,1-3H3,(H,32,36)(H,34,35)/t19-,30?/m1/s1. The lowest BCUT2D eigenvalue weighted by atomic mass is 9.84. The van der Waals surface area contributed by atoms with Crippen LogP contribution in [0.2, 0.25) is 0 Å². The van der Waals surface area contributed by atoms with Crippen molar-refractivity contribution < 1.29 is 19.4 Å². The van der Waals surface area contributed by atoms with Crippen LogP contribution in [-0.4, -0.2) is 26.9 Å². The number of carboxylic acids is 1. The average Bonchev–Trinajstić information content (AvgIpc) is 3.44. The van der Waals surface area contributed by atoms with E-state index in [0.29, 0.717) is 12.2 Å². The third kappa shape index (κ3) is 4.60. The van der Waals surface area contributed by atoms with Gasteiger partial charge in [0, 0.05) is 12.6 Å². The molecule has 1 unspecified atom stereocenters. The predicted molar refractivity (Wildman–Crippen MR) is 142 cm³/mol. The maximum Gasteiger partial charge on any atom is 0.413 e. The topological polar surface area (TPSA) is 93.4 Å². The van der Waals surface area contributed by atoms with Crippen LogP contribution in [0.1, 0.15) is 43.1 Å². The quantitative estimate of drug-likeness (QED) is 0.325. The van der Waals surface area contributed by atoms with Gasteiger partial charge >= 0.3 is 12.1 Å². The van der Waals surface area contributed by atoms with E-state index in [9.17, 15) is 14.7 Å². The number of anilines is 1. The lowest BCUT2D eigenvalue weighted by Gasteiger charge is -2.19. The Labute approximate surface area is 215 Å². The smallest absolute Gasteiger partial charge is 0.413 e. The van der Waals surface area contributed by atoms with Crippen LogP contribution >= 0.6 is 0 Å². The molecule has 3 aromatic carbocycles. The first-order valence-corrected chi connectivity index (χ1v) is 12.3. The van der Waals surface area contributed by atoms with E-state index in [4.69, 9.17) is 4.74 Å². The molecule has 0 saturated heterocycles. The first-order valence-electron chi connectivity index (χ1n) is 12.3. The Morgan fingerprint density at radius 1 is 1.03 bits per heavy atom. The Balaban J connectivity index is 1.33. The highest BCUT2D eigenvalue weighted by atomic mass is 16.6. The number of ether oxygens (including phenoxy) is 1. The first kappa shape index (κ1) is 24.3. The van der Waals surface area contributed by atoms with Gasteiger partial charge in [-0.2, -0.15) is 5.10 Å². The van der Waals surface area contributed by atoms with Crippen molar-refractivity contribution in [1.29, 1.82) is 0 Å². The molecule has 4 aromatic rings. The van der Waals surface area contributed by atoms with Crippen molar-refractivity contribution in [2.45, 2.75) is 38.2 Å². The number of carbonyl (C=O) groups is 2. The number of hydrogen-bond donors (Lipinski definition) is 2. The summed E-state index contributed by atoms with van der Waals surface area (Å²) in [6.45, 7) is 3.63. The minimum absolute atomic E-state index is 0.391. The molecule has 0 saturated carbocycles. The Morgan fingerprint density at radius 3 is 2.41 bits per heavy atom. The van der Waals surface area contributed by atoms with Crippen molar-refractivity contribution >= 4 is 17.9 Å². The number of carboxylic acid groups (broad SMARTS) is 1. The molecular formula is C30H29N3O4. The zero-order valence-electron chi connectivity index (χ0n) is 21.1. The highest BCUT2D eigenvalue weighted by Gasteiger charge is 2.41. The number of aryl methyl sites for hydroxylation is 2. The van der Waals surface area contributed by atoms with Gasteiger partial charge in [-0.15, -0.1) is 0 Å². The third-order valence-corrected chi connectivity index (χ3v) is 7.31. The predicted octanol–water partition coefficient (Wildman–Crippen LogP) is 6.35. The Morgan fingerprint density at radius 2 is 1.70 bits per heavy atom. The number of aromatic nitrogens is 2. The van der Waals surface area contributed by atoms with Crippen molar-refractivity contribution in [2.24, 2.45) is 7.05 Å². The fraction of sp³-hybridized carbons (Fsp3) is 0.233. The zero-order valence-corrected chi connectivity index (χ0v) is 21.1. The van der Waals surface area contributed by atoms with E-state index in [1.165, 1.54) is 0 Å². The van der Waals surface area contributed by atoms with Gasteiger partial charge in [0.25, 0.3) is 0 Å². The number of nitrogens with zero attached hydrogens (tertiary/aromatic N) is 2. The summed E-state index contributed by atoms with van der Waals surface area (Å²) < 4.78 is 7.18. The zero-order chi connectivity index (χ0) is 26.2. The molecule has 2 atom stereocenters. The van der Waals surface area contributed by atoms with E-state index in [2.05, 4.69) is 16.5 Å². The van der Waals surface area contributed by atoms with Crippen LogP contribution in [0.5, 0.6) is 0 Å². The molecule has 1 amide bonds. The van der Waals surface area contributed by atoms with Gasteiger partial charge in [0.15, 0.2) is 0 Å². The molecule has 1 heterocycles. The van der Waals surface area contributed by atoms with Gasteiger partial charge in [-0.25, -0.2) is 4.79 Å². The van der Waals surface area contributed by atoms with Crippen LogP contribution in [-0.2, 0) is 28.4 Å². The molecule has 1 aliphatic rings. The van der Waals surface area contributed by atoms with E-state index in [1.807, 2.05) is 73.7 Å². The van der Waals surface area contributed by atoms with E-state index in [-0.39, 0.29) is 0 Å². The van der Waals surface area contributed by atoms with Crippen molar-refractivity contribution in [3.8, 4) is 22.3 Å². The Hall–Kier alpha value is -4.39. The fourth-order valence-electron chi connectivity index (χ4n) is 4.98. The number of fused-ring (bicyclic) bond motifs is 1. The van der Waals surface area contributed by atoms with Crippen molar-refractivity contribution in [3.63, 3.8) is 0 Å². The summed E-state index contributed by atoms with van der Waals surface area (Å²) >= 11 is 0. The van der Waals surface area contributed by atoms with Crippen LogP contribution in [0.15, 0.2) is 79.0 Å². The van der Waals surface area contributed by atoms with Crippen molar-refractivity contribution in [2.75, 3.05) is 5.32 Å². The van der Waals surface area contributed by atoms with Gasteiger partial charge in [0.2, 0.25) is 0 Å². The highest BCUT2D eigenvalue weighted by molar-refractivity contribution is 5.90. The van der Waals surface area contributed by atoms with E-state index < -0.39 is 23.6 Å². The normalized spacial score (nSPS) is 17.2. The molecule has 188 valence electrons. The van der Waals surface area contributed by atoms with Crippen LogP contribution in [0.3, 0.4) is 0 Å². The molecule has 1 aliphatic carbocycles. The number of benzene rings is 3. The summed E-state index contributed by atoms with van der Waals surface area (Å²) in [7, 11) is 1.77. The SMILES string of the molecule is C[C@@H](OC(=O)Nc1c(-c2ccc(-c3ccc4c(c3)CCC4(C)C(=O)O)cc2)cnn1C)c1ccccc1. The molecule has 0 aliphatic heterocycles. The van der Waals surface area contributed by atoms with Crippen molar-refractivity contribution in [1.82, 2.24) is 9.78 Å². The molecule has 0 radical (unpaired) electrons. The largest absolute Gasteiger partial charge is 0.481 e. The number of carbonyl (C=O) groups excluding carboxylic acids is 1. The minimum atomic E-state index is -0.818. The van der Waals surface area contributed by atoms with Gasteiger partial charge in [-0.3, -0.25) is 14.8 Å². The van der Waals surface area contributed by atoms with Gasteiger partial charge in [-0.1, -0.05) is 72.8 Å². The Bertz CT molecular complexity index is 1460. The van der Waals surface area contributed by atoms with Crippen LogP contribution < -0.4 is 5.32 Å². The number of rotatable bonds is 6. The lowest BCUT2D eigenvalue weighted by Crippen LogP contribution is -2.29. The molecule has 7 heteroatoms. The molecule has 0 fully saturated rings. The Kier molecular flexibility index (Phi) is 6.29. The molecule has 37 heavy (non-hydrogen) atoms. The van der Waals surface area contributed by atoms with E-state index >= 15 is 0 Å². The monoisotopic (exact) mass is 495 g/mol. The molecule has 0 spiro atoms. The molecule has 2 N–H and O–H groups in total. The first-order chi connectivity index (χ1) is 17.8. The molecular weight excluding hydrogens is 466 g/mol. The number of amides is 1. The highest BCUT2D eigenvalue weighted by Crippen LogP contribution is 2.41. The van der Waals surface area contributed by atoms with E-state index in [1.54, 1.807) is 24.9 Å². The summed E-state index contributed by atoms with van der Waals surface area (Å²) in [5.74, 6) is -0.230. The number of hydrogen-bond acceptors (Lipinski definition) is 4. The third-order valence-electron chi connectivity index (χ3n) is 7.31. The second-order valence-electron chi connectivity index (χ2n) is 9.70. The van der Waals surface area contributed by atoms with Gasteiger partial charge < -0.3 is 9.84 Å². The van der Waals surface area contributed by atoms with Gasteiger partial charge in [0.05, 0.1) is 11.6 Å². The second kappa shape index (κ2) is 9.58. The summed E-state index contributed by atoms with van der Waals surface area (Å²) in [5, 5.41) is 16.8. The molecule has 1 aromatic heterocycles. The van der Waals surface area contributed by atoms with Gasteiger partial charge in [-0.05, 0) is 60.1 Å². The maximum atomic E-state index is 12.6. The fourth-order valence-corrected chi connectivity index (χ4v) is 4.98. The number of aliphatic carboxylic acids is 1. The summed E-state index contributed by atoms with van der Waals surface area (Å²) in [4.78, 5) is 24.4. The average molecular weight is 496 g/mol. The lowest BCUT2D eigenvalue weighted by molar-refractivity contribution is -0.143. The van der Waals surface area contributed by atoms with Crippen LogP contribution in [0.25, 0.3) is 22.3 Å². The van der Waals surface area contributed by atoms with Crippen LogP contribution in [0, 0.1) is 0 Å². The summed E-state index contributed by atoms with van der Waals surface area (Å²) in [6, 6.07) is 23.6. The molecule has 5 rings (SSSR count). The second-order valence-corrected chi connectivity index (χ2v) is 9.70. The minimum Gasteiger partial charge on any atom is -0.481 e. The summed E-state index contributed by atoms with van der Waals surface area (Å²) in [5.41, 5.74) is 5.85.